The lowest BCUT2D eigenvalue weighted by Crippen LogP contribution is -2.30. The molecule has 0 aliphatic carbocycles. The predicted molar refractivity (Wildman–Crippen MR) is 78.0 cm³/mol. The fraction of sp³-hybridized carbons (Fsp3) is 0.176. The van der Waals surface area contributed by atoms with Crippen molar-refractivity contribution in [3.8, 4) is 6.07 Å². The number of amides is 1. The van der Waals surface area contributed by atoms with E-state index in [0.29, 0.717) is 24.2 Å². The monoisotopic (exact) mass is 282 g/mol. The minimum Gasteiger partial charge on any atom is -0.335 e. The summed E-state index contributed by atoms with van der Waals surface area (Å²) in [5.74, 6) is -0.444. The average Bonchev–Trinajstić information content (AvgIpc) is 2.52. The Morgan fingerprint density at radius 3 is 2.52 bits per heavy atom. The summed E-state index contributed by atoms with van der Waals surface area (Å²) in [6.45, 7) is 2.75. The molecule has 0 saturated heterocycles. The molecule has 4 heteroatoms. The number of nitrogens with zero attached hydrogens (tertiary/aromatic N) is 2. The maximum absolute atomic E-state index is 13.2. The van der Waals surface area contributed by atoms with Crippen LogP contribution in [-0.4, -0.2) is 17.4 Å². The Kier molecular flexibility index (Phi) is 4.68. The number of benzene rings is 2. The van der Waals surface area contributed by atoms with Gasteiger partial charge < -0.3 is 4.90 Å². The van der Waals surface area contributed by atoms with Crippen LogP contribution in [0.1, 0.15) is 28.4 Å². The highest BCUT2D eigenvalue weighted by molar-refractivity contribution is 5.94. The standard InChI is InChI=1S/C17H15FN2O/c1-2-20(12-14-4-3-5-16(18)10-14)17(21)15-8-6-13(11-19)7-9-15/h3-10H,2,12H2,1H3. The van der Waals surface area contributed by atoms with Crippen LogP contribution in [0, 0.1) is 17.1 Å². The maximum Gasteiger partial charge on any atom is 0.254 e. The van der Waals surface area contributed by atoms with E-state index in [1.54, 1.807) is 41.3 Å². The van der Waals surface area contributed by atoms with Crippen LogP contribution >= 0.6 is 0 Å². The normalized spacial score (nSPS) is 9.95. The molecule has 0 aliphatic rings. The SMILES string of the molecule is CCN(Cc1cccc(F)c1)C(=O)c1ccc(C#N)cc1. The summed E-state index contributed by atoms with van der Waals surface area (Å²) in [7, 11) is 0. The number of nitriles is 1. The molecule has 0 unspecified atom stereocenters. The van der Waals surface area contributed by atoms with Gasteiger partial charge in [-0.1, -0.05) is 12.1 Å². The van der Waals surface area contributed by atoms with Gasteiger partial charge in [0.1, 0.15) is 5.82 Å². The molecule has 3 nitrogen and oxygen atoms in total. The fourth-order valence-electron chi connectivity index (χ4n) is 2.05. The van der Waals surface area contributed by atoms with E-state index in [2.05, 4.69) is 0 Å². The van der Waals surface area contributed by atoms with Gasteiger partial charge in [-0.05, 0) is 48.9 Å². The van der Waals surface area contributed by atoms with Crippen LogP contribution in [-0.2, 0) is 6.54 Å². The van der Waals surface area contributed by atoms with Crippen LogP contribution < -0.4 is 0 Å². The number of carbonyl (C=O) groups is 1. The van der Waals surface area contributed by atoms with Crippen molar-refractivity contribution >= 4 is 5.91 Å². The topological polar surface area (TPSA) is 44.1 Å². The highest BCUT2D eigenvalue weighted by atomic mass is 19.1. The number of hydrogen-bond acceptors (Lipinski definition) is 2. The van der Waals surface area contributed by atoms with Crippen molar-refractivity contribution in [2.24, 2.45) is 0 Å². The van der Waals surface area contributed by atoms with Crippen molar-refractivity contribution in [1.82, 2.24) is 4.90 Å². The van der Waals surface area contributed by atoms with Crippen LogP contribution in [0.5, 0.6) is 0 Å². The van der Waals surface area contributed by atoms with Crippen molar-refractivity contribution in [2.75, 3.05) is 6.54 Å². The highest BCUT2D eigenvalue weighted by Crippen LogP contribution is 2.12. The lowest BCUT2D eigenvalue weighted by atomic mass is 10.1. The predicted octanol–water partition coefficient (Wildman–Crippen LogP) is 3.36. The zero-order valence-electron chi connectivity index (χ0n) is 11.7. The van der Waals surface area contributed by atoms with Gasteiger partial charge in [0.25, 0.3) is 5.91 Å². The second kappa shape index (κ2) is 6.67. The number of rotatable bonds is 4. The lowest BCUT2D eigenvalue weighted by Gasteiger charge is -2.21. The molecule has 0 heterocycles. The van der Waals surface area contributed by atoms with Crippen LogP contribution in [0.25, 0.3) is 0 Å². The van der Waals surface area contributed by atoms with Gasteiger partial charge in [-0.3, -0.25) is 4.79 Å². The average molecular weight is 282 g/mol. The lowest BCUT2D eigenvalue weighted by molar-refractivity contribution is 0.0752. The van der Waals surface area contributed by atoms with Gasteiger partial charge in [-0.25, -0.2) is 4.39 Å². The first-order valence-electron chi connectivity index (χ1n) is 6.68. The van der Waals surface area contributed by atoms with Crippen LogP contribution in [0.2, 0.25) is 0 Å². The van der Waals surface area contributed by atoms with Crippen LogP contribution in [0.15, 0.2) is 48.5 Å². The van der Waals surface area contributed by atoms with Gasteiger partial charge in [0.2, 0.25) is 0 Å². The summed E-state index contributed by atoms with van der Waals surface area (Å²) in [4.78, 5) is 14.0. The first-order chi connectivity index (χ1) is 10.1. The first-order valence-corrected chi connectivity index (χ1v) is 6.68. The Balaban J connectivity index is 2.16. The van der Waals surface area contributed by atoms with Crippen molar-refractivity contribution in [3.63, 3.8) is 0 Å². The Bertz CT molecular complexity index is 674. The smallest absolute Gasteiger partial charge is 0.254 e. The third-order valence-electron chi connectivity index (χ3n) is 3.19. The van der Waals surface area contributed by atoms with Crippen LogP contribution in [0.3, 0.4) is 0 Å². The molecular weight excluding hydrogens is 267 g/mol. The molecule has 2 aromatic rings. The second-order valence-corrected chi connectivity index (χ2v) is 4.64. The molecule has 0 radical (unpaired) electrons. The first kappa shape index (κ1) is 14.7. The summed E-state index contributed by atoms with van der Waals surface area (Å²) in [6.07, 6.45) is 0. The molecule has 0 aliphatic heterocycles. The molecule has 2 aromatic carbocycles. The summed E-state index contributed by atoms with van der Waals surface area (Å²) < 4.78 is 13.2. The minimum absolute atomic E-state index is 0.133. The number of halogens is 1. The van der Waals surface area contributed by atoms with E-state index in [-0.39, 0.29) is 11.7 Å². The van der Waals surface area contributed by atoms with Crippen molar-refractivity contribution in [2.45, 2.75) is 13.5 Å². The zero-order valence-corrected chi connectivity index (χ0v) is 11.7. The summed E-state index contributed by atoms with van der Waals surface area (Å²) in [5, 5.41) is 8.76. The minimum atomic E-state index is -0.311. The molecular formula is C17H15FN2O. The van der Waals surface area contributed by atoms with E-state index < -0.39 is 0 Å². The molecule has 1 amide bonds. The van der Waals surface area contributed by atoms with Crippen molar-refractivity contribution in [3.05, 3.63) is 71.0 Å². The third kappa shape index (κ3) is 3.67. The van der Waals surface area contributed by atoms with Gasteiger partial charge in [0.15, 0.2) is 0 Å². The van der Waals surface area contributed by atoms with E-state index in [1.165, 1.54) is 12.1 Å². The Morgan fingerprint density at radius 2 is 1.95 bits per heavy atom. The van der Waals surface area contributed by atoms with E-state index in [1.807, 2.05) is 13.0 Å². The molecule has 0 saturated carbocycles. The fourth-order valence-corrected chi connectivity index (χ4v) is 2.05. The second-order valence-electron chi connectivity index (χ2n) is 4.64. The van der Waals surface area contributed by atoms with E-state index in [9.17, 15) is 9.18 Å². The zero-order chi connectivity index (χ0) is 15.2. The molecule has 0 N–H and O–H groups in total. The molecule has 2 rings (SSSR count). The molecule has 106 valence electrons. The number of carbonyl (C=O) groups excluding carboxylic acids is 1. The van der Waals surface area contributed by atoms with E-state index in [0.717, 1.165) is 5.56 Å². The molecule has 0 fully saturated rings. The summed E-state index contributed by atoms with van der Waals surface area (Å²) in [5.41, 5.74) is 1.78. The Hall–Kier alpha value is -2.67. The highest BCUT2D eigenvalue weighted by Gasteiger charge is 2.14. The molecule has 0 spiro atoms. The number of hydrogen-bond donors (Lipinski definition) is 0. The van der Waals surface area contributed by atoms with E-state index >= 15 is 0 Å². The molecule has 21 heavy (non-hydrogen) atoms. The summed E-state index contributed by atoms with van der Waals surface area (Å²) >= 11 is 0. The van der Waals surface area contributed by atoms with Gasteiger partial charge >= 0.3 is 0 Å². The molecule has 0 bridgehead atoms. The quantitative estimate of drug-likeness (QED) is 0.863. The van der Waals surface area contributed by atoms with Crippen molar-refractivity contribution in [1.29, 1.82) is 5.26 Å². The third-order valence-corrected chi connectivity index (χ3v) is 3.19. The Morgan fingerprint density at radius 1 is 1.24 bits per heavy atom. The maximum atomic E-state index is 13.2. The molecule has 0 aromatic heterocycles. The van der Waals surface area contributed by atoms with Gasteiger partial charge in [-0.2, -0.15) is 5.26 Å². The van der Waals surface area contributed by atoms with E-state index in [4.69, 9.17) is 5.26 Å². The Labute approximate surface area is 123 Å². The van der Waals surface area contributed by atoms with Crippen molar-refractivity contribution < 1.29 is 9.18 Å². The van der Waals surface area contributed by atoms with Gasteiger partial charge in [0, 0.05) is 18.7 Å². The molecule has 0 atom stereocenters. The van der Waals surface area contributed by atoms with Gasteiger partial charge in [-0.15, -0.1) is 0 Å². The summed E-state index contributed by atoms with van der Waals surface area (Å²) in [6, 6.07) is 14.7. The van der Waals surface area contributed by atoms with Gasteiger partial charge in [0.05, 0.1) is 11.6 Å². The largest absolute Gasteiger partial charge is 0.335 e. The van der Waals surface area contributed by atoms with Crippen LogP contribution in [0.4, 0.5) is 4.39 Å².